The van der Waals surface area contributed by atoms with Gasteiger partial charge in [0.25, 0.3) is 0 Å². The number of carbonyl (C=O) groups excluding carboxylic acids is 1. The first-order chi connectivity index (χ1) is 10.0. The minimum absolute atomic E-state index is 0.188. The third-order valence-corrected chi connectivity index (χ3v) is 3.37. The van der Waals surface area contributed by atoms with E-state index >= 15 is 0 Å². The fourth-order valence-electron chi connectivity index (χ4n) is 2.25. The van der Waals surface area contributed by atoms with Crippen LogP contribution in [0.1, 0.15) is 21.9 Å². The largest absolute Gasteiger partial charge is 0.464 e. The number of aryl methyl sites for hydroxylation is 2. The van der Waals surface area contributed by atoms with Gasteiger partial charge < -0.3 is 9.47 Å². The molecule has 0 saturated carbocycles. The minimum atomic E-state index is -0.517. The van der Waals surface area contributed by atoms with Crippen molar-refractivity contribution in [2.45, 2.75) is 20.4 Å². The van der Waals surface area contributed by atoms with Crippen LogP contribution in [0.5, 0.6) is 0 Å². The number of methoxy groups -OCH3 is 2. The third-order valence-electron chi connectivity index (χ3n) is 3.37. The Hall–Kier alpha value is -2.22. The van der Waals surface area contributed by atoms with Crippen molar-refractivity contribution in [3.63, 3.8) is 0 Å². The fourth-order valence-corrected chi connectivity index (χ4v) is 2.25. The maximum absolute atomic E-state index is 11.9. The van der Waals surface area contributed by atoms with Crippen molar-refractivity contribution in [3.05, 3.63) is 17.1 Å². The molecule has 0 amide bonds. The summed E-state index contributed by atoms with van der Waals surface area (Å²) in [5, 5.41) is 12.4. The van der Waals surface area contributed by atoms with Crippen molar-refractivity contribution >= 4 is 5.97 Å². The van der Waals surface area contributed by atoms with Gasteiger partial charge in [-0.1, -0.05) is 5.21 Å². The zero-order valence-electron chi connectivity index (χ0n) is 12.9. The highest BCUT2D eigenvalue weighted by Gasteiger charge is 2.26. The number of aromatic nitrogens is 5. The summed E-state index contributed by atoms with van der Waals surface area (Å²) in [6.45, 7) is 4.78. The number of nitrogens with zero attached hydrogens (tertiary/aromatic N) is 5. The number of esters is 1. The number of hydrogen-bond donors (Lipinski definition) is 0. The van der Waals surface area contributed by atoms with Gasteiger partial charge in [-0.25, -0.2) is 9.48 Å². The Kier molecular flexibility index (Phi) is 4.37. The van der Waals surface area contributed by atoms with E-state index in [4.69, 9.17) is 9.47 Å². The Morgan fingerprint density at radius 1 is 1.29 bits per heavy atom. The second kappa shape index (κ2) is 6.04. The van der Waals surface area contributed by atoms with Crippen LogP contribution in [0.2, 0.25) is 0 Å². The van der Waals surface area contributed by atoms with Crippen LogP contribution >= 0.6 is 0 Å². The van der Waals surface area contributed by atoms with Gasteiger partial charge in [0.2, 0.25) is 0 Å². The molecule has 0 fully saturated rings. The van der Waals surface area contributed by atoms with E-state index in [1.54, 1.807) is 16.5 Å². The molecule has 21 heavy (non-hydrogen) atoms. The van der Waals surface area contributed by atoms with Gasteiger partial charge in [-0.15, -0.1) is 5.10 Å². The molecule has 0 radical (unpaired) electrons. The minimum Gasteiger partial charge on any atom is -0.464 e. The highest BCUT2D eigenvalue weighted by molar-refractivity contribution is 5.94. The van der Waals surface area contributed by atoms with Crippen LogP contribution in [-0.2, 0) is 23.1 Å². The highest BCUT2D eigenvalue weighted by atomic mass is 16.5. The molecule has 0 atom stereocenters. The predicted octanol–water partition coefficient (Wildman–Crippen LogP) is 0.728. The molecular formula is C13H19N5O3. The van der Waals surface area contributed by atoms with E-state index < -0.39 is 5.97 Å². The zero-order chi connectivity index (χ0) is 15.6. The van der Waals surface area contributed by atoms with Crippen LogP contribution in [0, 0.1) is 13.8 Å². The van der Waals surface area contributed by atoms with Crippen molar-refractivity contribution in [3.8, 4) is 11.3 Å². The molecule has 8 heteroatoms. The second-order valence-electron chi connectivity index (χ2n) is 4.66. The summed E-state index contributed by atoms with van der Waals surface area (Å²) < 4.78 is 13.3. The molecule has 0 spiro atoms. The Morgan fingerprint density at radius 3 is 2.52 bits per heavy atom. The molecule has 0 saturated heterocycles. The normalized spacial score (nSPS) is 10.9. The Bertz CT molecular complexity index is 659. The molecule has 114 valence electrons. The maximum atomic E-state index is 11.9. The topological polar surface area (TPSA) is 84.1 Å². The first kappa shape index (κ1) is 15.2. The van der Waals surface area contributed by atoms with Crippen LogP contribution in [0.4, 0.5) is 0 Å². The van der Waals surface area contributed by atoms with Gasteiger partial charge >= 0.3 is 5.97 Å². The van der Waals surface area contributed by atoms with Crippen LogP contribution in [0.15, 0.2) is 0 Å². The predicted molar refractivity (Wildman–Crippen MR) is 74.9 cm³/mol. The lowest BCUT2D eigenvalue weighted by Gasteiger charge is -2.08. The van der Waals surface area contributed by atoms with Gasteiger partial charge in [-0.05, 0) is 13.8 Å². The summed E-state index contributed by atoms with van der Waals surface area (Å²) in [7, 11) is 4.79. The van der Waals surface area contributed by atoms with Crippen molar-refractivity contribution in [1.82, 2.24) is 24.8 Å². The van der Waals surface area contributed by atoms with Gasteiger partial charge in [0.15, 0.2) is 5.69 Å². The number of rotatable bonds is 5. The zero-order valence-corrected chi connectivity index (χ0v) is 12.9. The molecule has 2 aromatic heterocycles. The van der Waals surface area contributed by atoms with Crippen LogP contribution in [0.3, 0.4) is 0 Å². The van der Waals surface area contributed by atoms with Crippen LogP contribution < -0.4 is 0 Å². The molecule has 0 aliphatic rings. The molecule has 0 unspecified atom stereocenters. The van der Waals surface area contributed by atoms with Gasteiger partial charge in [0.05, 0.1) is 26.0 Å². The van der Waals surface area contributed by atoms with Gasteiger partial charge in [-0.3, -0.25) is 4.68 Å². The van der Waals surface area contributed by atoms with E-state index in [2.05, 4.69) is 15.4 Å². The smallest absolute Gasteiger partial charge is 0.360 e. The van der Waals surface area contributed by atoms with E-state index in [0.717, 1.165) is 17.0 Å². The number of carbonyl (C=O) groups is 1. The summed E-state index contributed by atoms with van der Waals surface area (Å²) in [4.78, 5) is 11.9. The average Bonchev–Trinajstić information content (AvgIpc) is 2.97. The van der Waals surface area contributed by atoms with E-state index in [1.807, 2.05) is 20.9 Å². The maximum Gasteiger partial charge on any atom is 0.360 e. The van der Waals surface area contributed by atoms with Crippen molar-refractivity contribution in [2.24, 2.45) is 7.05 Å². The molecule has 2 heterocycles. The van der Waals surface area contributed by atoms with Crippen molar-refractivity contribution in [2.75, 3.05) is 20.8 Å². The molecule has 0 aliphatic carbocycles. The standard InChI is InChI=1S/C13H19N5O3/c1-8-10(9(2)17(3)15-8)12-11(13(19)21-5)14-16-18(12)6-7-20-4/h6-7H2,1-5H3. The Balaban J connectivity index is 2.62. The lowest BCUT2D eigenvalue weighted by molar-refractivity contribution is 0.0595. The average molecular weight is 293 g/mol. The lowest BCUT2D eigenvalue weighted by Crippen LogP contribution is -2.10. The summed E-state index contributed by atoms with van der Waals surface area (Å²) in [5.41, 5.74) is 3.38. The number of hydrogen-bond acceptors (Lipinski definition) is 6. The van der Waals surface area contributed by atoms with Crippen molar-refractivity contribution < 1.29 is 14.3 Å². The summed E-state index contributed by atoms with van der Waals surface area (Å²) in [6.07, 6.45) is 0. The Labute approximate surface area is 122 Å². The molecular weight excluding hydrogens is 274 g/mol. The quantitative estimate of drug-likeness (QED) is 0.756. The molecule has 2 aromatic rings. The monoisotopic (exact) mass is 293 g/mol. The number of ether oxygens (including phenoxy) is 2. The molecule has 8 nitrogen and oxygen atoms in total. The van der Waals surface area contributed by atoms with E-state index in [9.17, 15) is 4.79 Å². The van der Waals surface area contributed by atoms with Crippen molar-refractivity contribution in [1.29, 1.82) is 0 Å². The van der Waals surface area contributed by atoms with Crippen LogP contribution in [0.25, 0.3) is 11.3 Å². The Morgan fingerprint density at radius 2 is 2.00 bits per heavy atom. The molecule has 0 N–H and O–H groups in total. The van der Waals surface area contributed by atoms with Gasteiger partial charge in [-0.2, -0.15) is 5.10 Å². The van der Waals surface area contributed by atoms with Gasteiger partial charge in [0, 0.05) is 25.4 Å². The lowest BCUT2D eigenvalue weighted by atomic mass is 10.1. The SMILES string of the molecule is COCCn1nnc(C(=O)OC)c1-c1c(C)nn(C)c1C. The summed E-state index contributed by atoms with van der Waals surface area (Å²) in [5.74, 6) is -0.517. The summed E-state index contributed by atoms with van der Waals surface area (Å²) in [6, 6.07) is 0. The molecule has 0 bridgehead atoms. The van der Waals surface area contributed by atoms with Gasteiger partial charge in [0.1, 0.15) is 5.69 Å². The van der Waals surface area contributed by atoms with E-state index in [1.165, 1.54) is 7.11 Å². The van der Waals surface area contributed by atoms with Crippen LogP contribution in [-0.4, -0.2) is 51.6 Å². The molecule has 2 rings (SSSR count). The molecule has 0 aromatic carbocycles. The third kappa shape index (κ3) is 2.66. The molecule has 0 aliphatic heterocycles. The first-order valence-corrected chi connectivity index (χ1v) is 6.52. The first-order valence-electron chi connectivity index (χ1n) is 6.52. The fraction of sp³-hybridized carbons (Fsp3) is 0.538. The summed E-state index contributed by atoms with van der Waals surface area (Å²) >= 11 is 0. The highest BCUT2D eigenvalue weighted by Crippen LogP contribution is 2.29. The van der Waals surface area contributed by atoms with E-state index in [-0.39, 0.29) is 5.69 Å². The van der Waals surface area contributed by atoms with E-state index in [0.29, 0.717) is 18.8 Å². The second-order valence-corrected chi connectivity index (χ2v) is 4.66.